The standard InChI is InChI=1S/C16H20N2O2S/c1-2-18(16-10-6-9-15(17)13-16)21(19,20)12-11-14-7-4-3-5-8-14/h3-10,13H,2,11-12,17H2,1H3. The summed E-state index contributed by atoms with van der Waals surface area (Å²) in [5.41, 5.74) is 7.93. The molecule has 0 aliphatic carbocycles. The van der Waals surface area contributed by atoms with Gasteiger partial charge in [-0.15, -0.1) is 0 Å². The van der Waals surface area contributed by atoms with Gasteiger partial charge in [0.1, 0.15) is 0 Å². The van der Waals surface area contributed by atoms with Crippen LogP contribution in [0.25, 0.3) is 0 Å². The number of nitrogens with two attached hydrogens (primary N) is 1. The van der Waals surface area contributed by atoms with Gasteiger partial charge in [0.15, 0.2) is 0 Å². The minimum absolute atomic E-state index is 0.0830. The second-order valence-electron chi connectivity index (χ2n) is 4.81. The maximum absolute atomic E-state index is 12.5. The number of aryl methyl sites for hydroxylation is 1. The van der Waals surface area contributed by atoms with Gasteiger partial charge in [-0.2, -0.15) is 0 Å². The highest BCUT2D eigenvalue weighted by Crippen LogP contribution is 2.21. The lowest BCUT2D eigenvalue weighted by Crippen LogP contribution is -2.33. The monoisotopic (exact) mass is 304 g/mol. The van der Waals surface area contributed by atoms with Crippen molar-refractivity contribution in [3.63, 3.8) is 0 Å². The fourth-order valence-electron chi connectivity index (χ4n) is 2.22. The predicted molar refractivity (Wildman–Crippen MR) is 87.8 cm³/mol. The van der Waals surface area contributed by atoms with Gasteiger partial charge in [0, 0.05) is 12.2 Å². The van der Waals surface area contributed by atoms with Gasteiger partial charge in [0.05, 0.1) is 11.4 Å². The first-order valence-corrected chi connectivity index (χ1v) is 8.53. The molecule has 0 amide bonds. The summed E-state index contributed by atoms with van der Waals surface area (Å²) in [5, 5.41) is 0. The average molecular weight is 304 g/mol. The molecule has 0 aliphatic heterocycles. The van der Waals surface area contributed by atoms with Gasteiger partial charge in [-0.3, -0.25) is 4.31 Å². The van der Waals surface area contributed by atoms with Gasteiger partial charge >= 0.3 is 0 Å². The molecule has 112 valence electrons. The Morgan fingerprint density at radius 2 is 1.76 bits per heavy atom. The lowest BCUT2D eigenvalue weighted by Gasteiger charge is -2.23. The lowest BCUT2D eigenvalue weighted by molar-refractivity contribution is 0.591. The van der Waals surface area contributed by atoms with Crippen LogP contribution in [0.5, 0.6) is 0 Å². The van der Waals surface area contributed by atoms with Crippen LogP contribution in [0.1, 0.15) is 12.5 Å². The fraction of sp³-hybridized carbons (Fsp3) is 0.250. The number of rotatable bonds is 6. The summed E-state index contributed by atoms with van der Waals surface area (Å²) < 4.78 is 26.5. The molecule has 0 bridgehead atoms. The van der Waals surface area contributed by atoms with Gasteiger partial charge < -0.3 is 5.73 Å². The molecule has 2 rings (SSSR count). The summed E-state index contributed by atoms with van der Waals surface area (Å²) in [6, 6.07) is 16.6. The van der Waals surface area contributed by atoms with Gasteiger partial charge in [-0.1, -0.05) is 36.4 Å². The molecule has 0 unspecified atom stereocenters. The Balaban J connectivity index is 2.16. The Hall–Kier alpha value is -2.01. The number of hydrogen-bond donors (Lipinski definition) is 1. The number of sulfonamides is 1. The Labute approximate surface area is 126 Å². The van der Waals surface area contributed by atoms with Crippen molar-refractivity contribution in [3.05, 3.63) is 60.2 Å². The summed E-state index contributed by atoms with van der Waals surface area (Å²) in [4.78, 5) is 0. The number of anilines is 2. The van der Waals surface area contributed by atoms with E-state index in [1.807, 2.05) is 37.3 Å². The van der Waals surface area contributed by atoms with Crippen molar-refractivity contribution in [3.8, 4) is 0 Å². The molecular formula is C16H20N2O2S. The largest absolute Gasteiger partial charge is 0.399 e. The van der Waals surface area contributed by atoms with Crippen LogP contribution in [0.4, 0.5) is 11.4 Å². The van der Waals surface area contributed by atoms with Gasteiger partial charge in [-0.05, 0) is 37.1 Å². The molecule has 0 aromatic heterocycles. The fourth-order valence-corrected chi connectivity index (χ4v) is 3.76. The van der Waals surface area contributed by atoms with E-state index in [9.17, 15) is 8.42 Å². The van der Waals surface area contributed by atoms with Crippen molar-refractivity contribution in [2.24, 2.45) is 0 Å². The number of hydrogen-bond acceptors (Lipinski definition) is 3. The van der Waals surface area contributed by atoms with Crippen molar-refractivity contribution in [2.75, 3.05) is 22.3 Å². The summed E-state index contributed by atoms with van der Waals surface area (Å²) >= 11 is 0. The highest BCUT2D eigenvalue weighted by atomic mass is 32.2. The molecule has 0 radical (unpaired) electrons. The highest BCUT2D eigenvalue weighted by molar-refractivity contribution is 7.92. The van der Waals surface area contributed by atoms with Gasteiger partial charge in [-0.25, -0.2) is 8.42 Å². The summed E-state index contributed by atoms with van der Waals surface area (Å²) in [6.45, 7) is 2.21. The second kappa shape index (κ2) is 6.63. The molecule has 0 heterocycles. The van der Waals surface area contributed by atoms with Crippen LogP contribution in [0, 0.1) is 0 Å². The lowest BCUT2D eigenvalue weighted by atomic mass is 10.2. The molecule has 0 aliphatic rings. The Bertz CT molecular complexity index is 684. The molecule has 2 aromatic carbocycles. The van der Waals surface area contributed by atoms with E-state index in [0.29, 0.717) is 24.3 Å². The maximum Gasteiger partial charge on any atom is 0.235 e. The van der Waals surface area contributed by atoms with Crippen LogP contribution >= 0.6 is 0 Å². The molecule has 0 atom stereocenters. The zero-order valence-electron chi connectivity index (χ0n) is 12.1. The van der Waals surface area contributed by atoms with Crippen LogP contribution in [-0.2, 0) is 16.4 Å². The van der Waals surface area contributed by atoms with E-state index in [2.05, 4.69) is 0 Å². The van der Waals surface area contributed by atoms with E-state index >= 15 is 0 Å². The number of nitrogens with zero attached hydrogens (tertiary/aromatic N) is 1. The topological polar surface area (TPSA) is 63.4 Å². The van der Waals surface area contributed by atoms with Crippen LogP contribution in [0.15, 0.2) is 54.6 Å². The Kier molecular flexibility index (Phi) is 4.85. The molecule has 0 fully saturated rings. The van der Waals surface area contributed by atoms with Crippen molar-refractivity contribution in [1.82, 2.24) is 0 Å². The third-order valence-electron chi connectivity index (χ3n) is 3.27. The van der Waals surface area contributed by atoms with Crippen molar-refractivity contribution < 1.29 is 8.42 Å². The van der Waals surface area contributed by atoms with Crippen LogP contribution < -0.4 is 10.0 Å². The molecule has 2 N–H and O–H groups in total. The van der Waals surface area contributed by atoms with E-state index < -0.39 is 10.0 Å². The highest BCUT2D eigenvalue weighted by Gasteiger charge is 2.20. The van der Waals surface area contributed by atoms with Crippen molar-refractivity contribution in [1.29, 1.82) is 0 Å². The minimum Gasteiger partial charge on any atom is -0.399 e. The first kappa shape index (κ1) is 15.4. The van der Waals surface area contributed by atoms with Crippen molar-refractivity contribution in [2.45, 2.75) is 13.3 Å². The van der Waals surface area contributed by atoms with Crippen LogP contribution in [0.2, 0.25) is 0 Å². The third-order valence-corrected chi connectivity index (χ3v) is 5.13. The average Bonchev–Trinajstić information content (AvgIpc) is 2.47. The van der Waals surface area contributed by atoms with Crippen molar-refractivity contribution >= 4 is 21.4 Å². The van der Waals surface area contributed by atoms with E-state index in [-0.39, 0.29) is 5.75 Å². The molecule has 0 saturated carbocycles. The third kappa shape index (κ3) is 3.98. The van der Waals surface area contributed by atoms with E-state index in [1.54, 1.807) is 24.3 Å². The molecule has 0 saturated heterocycles. The van der Waals surface area contributed by atoms with Gasteiger partial charge in [0.25, 0.3) is 0 Å². The summed E-state index contributed by atoms with van der Waals surface area (Å²) in [6.07, 6.45) is 0.502. The van der Waals surface area contributed by atoms with Crippen LogP contribution in [-0.4, -0.2) is 20.7 Å². The maximum atomic E-state index is 12.5. The first-order valence-electron chi connectivity index (χ1n) is 6.93. The molecule has 5 heteroatoms. The molecule has 4 nitrogen and oxygen atoms in total. The Morgan fingerprint density at radius 3 is 2.38 bits per heavy atom. The molecule has 2 aromatic rings. The number of benzene rings is 2. The van der Waals surface area contributed by atoms with E-state index in [1.165, 1.54) is 4.31 Å². The van der Waals surface area contributed by atoms with Gasteiger partial charge in [0.2, 0.25) is 10.0 Å². The number of nitrogen functional groups attached to an aromatic ring is 1. The zero-order chi connectivity index (χ0) is 15.3. The second-order valence-corrected chi connectivity index (χ2v) is 6.82. The zero-order valence-corrected chi connectivity index (χ0v) is 12.9. The SMILES string of the molecule is CCN(c1cccc(N)c1)S(=O)(=O)CCc1ccccc1. The molecule has 0 spiro atoms. The van der Waals surface area contributed by atoms with E-state index in [0.717, 1.165) is 5.56 Å². The van der Waals surface area contributed by atoms with E-state index in [4.69, 9.17) is 5.73 Å². The summed E-state index contributed by atoms with van der Waals surface area (Å²) in [7, 11) is -3.36. The minimum atomic E-state index is -3.36. The Morgan fingerprint density at radius 1 is 1.05 bits per heavy atom. The molecule has 21 heavy (non-hydrogen) atoms. The smallest absolute Gasteiger partial charge is 0.235 e. The predicted octanol–water partition coefficient (Wildman–Crippen LogP) is 2.67. The van der Waals surface area contributed by atoms with Crippen LogP contribution in [0.3, 0.4) is 0 Å². The summed E-state index contributed by atoms with van der Waals surface area (Å²) in [5.74, 6) is 0.0830. The molecular weight excluding hydrogens is 284 g/mol. The quantitative estimate of drug-likeness (QED) is 0.835. The first-order chi connectivity index (χ1) is 10.0. The normalized spacial score (nSPS) is 11.3.